The van der Waals surface area contributed by atoms with Crippen LogP contribution in [0.25, 0.3) is 66.9 Å². The van der Waals surface area contributed by atoms with E-state index in [4.69, 9.17) is 15.4 Å². The zero-order chi connectivity index (χ0) is 31.1. The first kappa shape index (κ1) is 28.6. The maximum atomic E-state index is 7.14. The van der Waals surface area contributed by atoms with Crippen molar-refractivity contribution in [1.82, 2.24) is 15.3 Å². The number of fused-ring (bicyclic) bond motifs is 1. The number of benzene rings is 6. The lowest BCUT2D eigenvalue weighted by Crippen LogP contribution is -2.04. The molecule has 0 aliphatic heterocycles. The molecular formula is C42H32N4. The van der Waals surface area contributed by atoms with Crippen LogP contribution in [0.4, 0.5) is 0 Å². The summed E-state index contributed by atoms with van der Waals surface area (Å²) in [7, 11) is 0. The average molecular weight is 593 g/mol. The first-order chi connectivity index (χ1) is 22.7. The summed E-state index contributed by atoms with van der Waals surface area (Å²) in [5.74, 6) is 0.691. The standard InChI is InChI=1S/C42H32N4/c43-23-10-24-44-29-30-17-19-33(20-18-30)37-25-36(32-13-6-2-7-14-32)26-38(27-37)42-45-40-22-21-35(31-11-4-1-5-12-31)28-39(40)41(46-42)34-15-8-3-9-16-34/h1-28,43-44H,29H2/b24-10-,43-23?. The van der Waals surface area contributed by atoms with Crippen LogP contribution in [0, 0.1) is 5.41 Å². The van der Waals surface area contributed by atoms with Gasteiger partial charge in [0.15, 0.2) is 5.82 Å². The third-order valence-corrected chi connectivity index (χ3v) is 8.05. The molecule has 0 unspecified atom stereocenters. The molecule has 7 aromatic rings. The van der Waals surface area contributed by atoms with E-state index < -0.39 is 0 Å². The minimum atomic E-state index is 0.691. The van der Waals surface area contributed by atoms with E-state index in [1.807, 2.05) is 18.2 Å². The second-order valence-electron chi connectivity index (χ2n) is 11.1. The van der Waals surface area contributed by atoms with Crippen LogP contribution < -0.4 is 5.32 Å². The summed E-state index contributed by atoms with van der Waals surface area (Å²) in [5, 5.41) is 11.4. The minimum absolute atomic E-state index is 0.691. The molecule has 0 aliphatic carbocycles. The average Bonchev–Trinajstić information content (AvgIpc) is 3.14. The molecule has 0 amide bonds. The Morgan fingerprint density at radius 3 is 1.67 bits per heavy atom. The second kappa shape index (κ2) is 13.2. The Labute approximate surface area is 269 Å². The van der Waals surface area contributed by atoms with Crippen LogP contribution in [-0.4, -0.2) is 16.2 Å². The molecule has 0 saturated carbocycles. The van der Waals surface area contributed by atoms with Crippen molar-refractivity contribution in [3.8, 4) is 56.0 Å². The van der Waals surface area contributed by atoms with Crippen LogP contribution in [0.3, 0.4) is 0 Å². The third kappa shape index (κ3) is 6.23. The molecule has 0 spiro atoms. The van der Waals surface area contributed by atoms with Crippen molar-refractivity contribution in [2.75, 3.05) is 0 Å². The zero-order valence-electron chi connectivity index (χ0n) is 25.3. The van der Waals surface area contributed by atoms with Gasteiger partial charge in [-0.3, -0.25) is 0 Å². The molecule has 1 heterocycles. The highest BCUT2D eigenvalue weighted by Gasteiger charge is 2.15. The van der Waals surface area contributed by atoms with Crippen molar-refractivity contribution in [1.29, 1.82) is 5.41 Å². The summed E-state index contributed by atoms with van der Waals surface area (Å²) < 4.78 is 0. The molecule has 220 valence electrons. The van der Waals surface area contributed by atoms with Gasteiger partial charge in [0.05, 0.1) is 11.2 Å². The number of aromatic nitrogens is 2. The molecule has 4 heteroatoms. The van der Waals surface area contributed by atoms with Crippen molar-refractivity contribution >= 4 is 17.1 Å². The van der Waals surface area contributed by atoms with Gasteiger partial charge in [-0.15, -0.1) is 0 Å². The minimum Gasteiger partial charge on any atom is -0.387 e. The van der Waals surface area contributed by atoms with Crippen molar-refractivity contribution in [3.05, 3.63) is 169 Å². The highest BCUT2D eigenvalue weighted by atomic mass is 14.9. The van der Waals surface area contributed by atoms with Gasteiger partial charge in [0, 0.05) is 29.3 Å². The predicted octanol–water partition coefficient (Wildman–Crippen LogP) is 10.2. The van der Waals surface area contributed by atoms with E-state index >= 15 is 0 Å². The molecular weight excluding hydrogens is 560 g/mol. The van der Waals surface area contributed by atoms with Gasteiger partial charge >= 0.3 is 0 Å². The SMILES string of the molecule is N=C/C=C\NCc1ccc(-c2cc(-c3ccccc3)cc(-c3nc(-c4ccccc4)c4cc(-c5ccccc5)ccc4n3)c2)cc1. The van der Waals surface area contributed by atoms with Gasteiger partial charge in [0.2, 0.25) is 0 Å². The Bertz CT molecular complexity index is 2140. The number of rotatable bonds is 9. The van der Waals surface area contributed by atoms with Crippen molar-refractivity contribution in [3.63, 3.8) is 0 Å². The topological polar surface area (TPSA) is 61.7 Å². The Morgan fingerprint density at radius 2 is 1.04 bits per heavy atom. The van der Waals surface area contributed by atoms with E-state index in [-0.39, 0.29) is 0 Å². The molecule has 0 radical (unpaired) electrons. The van der Waals surface area contributed by atoms with Gasteiger partial charge in [-0.2, -0.15) is 0 Å². The maximum absolute atomic E-state index is 7.14. The molecule has 0 atom stereocenters. The Balaban J connectivity index is 1.37. The molecule has 2 N–H and O–H groups in total. The van der Waals surface area contributed by atoms with Crippen molar-refractivity contribution in [2.24, 2.45) is 0 Å². The molecule has 0 bridgehead atoms. The molecule has 0 fully saturated rings. The highest BCUT2D eigenvalue weighted by molar-refractivity contribution is 5.96. The smallest absolute Gasteiger partial charge is 0.160 e. The first-order valence-corrected chi connectivity index (χ1v) is 15.4. The molecule has 4 nitrogen and oxygen atoms in total. The van der Waals surface area contributed by atoms with Gasteiger partial charge in [-0.05, 0) is 81.6 Å². The summed E-state index contributed by atoms with van der Waals surface area (Å²) in [5.41, 5.74) is 11.8. The third-order valence-electron chi connectivity index (χ3n) is 8.05. The van der Waals surface area contributed by atoms with Crippen LogP contribution in [0.2, 0.25) is 0 Å². The molecule has 0 aliphatic rings. The van der Waals surface area contributed by atoms with Crippen LogP contribution in [0.5, 0.6) is 0 Å². The van der Waals surface area contributed by atoms with Gasteiger partial charge < -0.3 is 10.7 Å². The van der Waals surface area contributed by atoms with Gasteiger partial charge in [-0.25, -0.2) is 9.97 Å². The Kier molecular flexibility index (Phi) is 8.24. The highest BCUT2D eigenvalue weighted by Crippen LogP contribution is 2.36. The predicted molar refractivity (Wildman–Crippen MR) is 191 cm³/mol. The van der Waals surface area contributed by atoms with Crippen LogP contribution in [0.1, 0.15) is 5.56 Å². The van der Waals surface area contributed by atoms with Crippen LogP contribution in [0.15, 0.2) is 164 Å². The lowest BCUT2D eigenvalue weighted by atomic mass is 9.95. The number of hydrogen-bond donors (Lipinski definition) is 2. The second-order valence-corrected chi connectivity index (χ2v) is 11.1. The van der Waals surface area contributed by atoms with E-state index in [1.54, 1.807) is 12.3 Å². The van der Waals surface area contributed by atoms with Gasteiger partial charge in [-0.1, -0.05) is 121 Å². The molecule has 7 rings (SSSR count). The van der Waals surface area contributed by atoms with E-state index in [9.17, 15) is 0 Å². The Morgan fingerprint density at radius 1 is 0.500 bits per heavy atom. The van der Waals surface area contributed by atoms with E-state index in [0.29, 0.717) is 12.4 Å². The van der Waals surface area contributed by atoms with E-state index in [0.717, 1.165) is 66.7 Å². The summed E-state index contributed by atoms with van der Waals surface area (Å²) in [6.45, 7) is 0.694. The van der Waals surface area contributed by atoms with E-state index in [2.05, 4.69) is 139 Å². The number of nitrogens with zero attached hydrogens (tertiary/aromatic N) is 2. The van der Waals surface area contributed by atoms with Crippen LogP contribution >= 0.6 is 0 Å². The van der Waals surface area contributed by atoms with Gasteiger partial charge in [0.25, 0.3) is 0 Å². The fourth-order valence-electron chi connectivity index (χ4n) is 5.71. The molecule has 6 aromatic carbocycles. The lowest BCUT2D eigenvalue weighted by Gasteiger charge is -2.14. The van der Waals surface area contributed by atoms with Crippen molar-refractivity contribution < 1.29 is 0 Å². The summed E-state index contributed by atoms with van der Waals surface area (Å²) >= 11 is 0. The molecule has 0 saturated heterocycles. The summed E-state index contributed by atoms with van der Waals surface area (Å²) in [6.07, 6.45) is 4.72. The Hall–Kier alpha value is -6.13. The quantitative estimate of drug-likeness (QED) is 0.164. The fourth-order valence-corrected chi connectivity index (χ4v) is 5.71. The lowest BCUT2D eigenvalue weighted by molar-refractivity contribution is 0.871. The maximum Gasteiger partial charge on any atom is 0.160 e. The number of nitrogens with one attached hydrogen (secondary N) is 2. The van der Waals surface area contributed by atoms with Gasteiger partial charge in [0.1, 0.15) is 0 Å². The first-order valence-electron chi connectivity index (χ1n) is 15.4. The van der Waals surface area contributed by atoms with Crippen molar-refractivity contribution in [2.45, 2.75) is 6.54 Å². The van der Waals surface area contributed by atoms with Crippen LogP contribution in [-0.2, 0) is 6.54 Å². The monoisotopic (exact) mass is 592 g/mol. The normalized spacial score (nSPS) is 11.1. The largest absolute Gasteiger partial charge is 0.387 e. The summed E-state index contributed by atoms with van der Waals surface area (Å²) in [4.78, 5) is 10.4. The van der Waals surface area contributed by atoms with E-state index in [1.165, 1.54) is 6.21 Å². The summed E-state index contributed by atoms with van der Waals surface area (Å²) in [6, 6.07) is 53.0. The number of hydrogen-bond acceptors (Lipinski definition) is 4. The molecule has 46 heavy (non-hydrogen) atoms. The number of allylic oxidation sites excluding steroid dienone is 1. The zero-order valence-corrected chi connectivity index (χ0v) is 25.3. The fraction of sp³-hybridized carbons (Fsp3) is 0.0238. The molecule has 1 aromatic heterocycles.